The van der Waals surface area contributed by atoms with Crippen LogP contribution in [0.15, 0.2) is 176 Å². The maximum atomic E-state index is 2.66. The molecule has 0 saturated carbocycles. The van der Waals surface area contributed by atoms with E-state index < -0.39 is 0 Å². The largest absolute Gasteiger partial charge is 0.376 e. The van der Waals surface area contributed by atoms with Crippen LogP contribution in [0.1, 0.15) is 31.9 Å². The zero-order valence-corrected chi connectivity index (χ0v) is 34.4. The summed E-state index contributed by atoms with van der Waals surface area (Å²) >= 11 is 1.90. The molecule has 12 rings (SSSR count). The number of anilines is 5. The first-order valence-electron chi connectivity index (χ1n) is 20.7. The van der Waals surface area contributed by atoms with Gasteiger partial charge in [0.1, 0.15) is 0 Å². The number of rotatable bonds is 3. The number of fused-ring (bicyclic) bond motifs is 11. The average molecular weight is 773 g/mol. The van der Waals surface area contributed by atoms with Gasteiger partial charge >= 0.3 is 6.85 Å². The first-order chi connectivity index (χ1) is 28.8. The monoisotopic (exact) mass is 772 g/mol. The van der Waals surface area contributed by atoms with Crippen LogP contribution in [0.3, 0.4) is 0 Å². The Bertz CT molecular complexity index is 3340. The molecule has 280 valence electrons. The molecule has 0 spiro atoms. The smallest absolute Gasteiger partial charge is 0.333 e. The summed E-state index contributed by atoms with van der Waals surface area (Å²) in [5.41, 5.74) is 16.5. The van der Waals surface area contributed by atoms with Crippen LogP contribution in [0.2, 0.25) is 0 Å². The van der Waals surface area contributed by atoms with Crippen LogP contribution in [0, 0.1) is 6.92 Å². The third-order valence-corrected chi connectivity index (χ3v) is 14.0. The third kappa shape index (κ3) is 5.12. The number of hydrogen-bond donors (Lipinski definition) is 0. The molecule has 2 aliphatic rings. The number of thiophene rings is 1. The van der Waals surface area contributed by atoms with Gasteiger partial charge in [0.2, 0.25) is 0 Å². The van der Waals surface area contributed by atoms with Crippen LogP contribution >= 0.6 is 11.3 Å². The van der Waals surface area contributed by atoms with E-state index in [1.807, 2.05) is 11.3 Å². The van der Waals surface area contributed by atoms with Gasteiger partial charge in [-0.3, -0.25) is 0 Å². The van der Waals surface area contributed by atoms with Crippen molar-refractivity contribution in [1.29, 1.82) is 0 Å². The van der Waals surface area contributed by atoms with Crippen LogP contribution in [-0.4, -0.2) is 6.85 Å². The summed E-state index contributed by atoms with van der Waals surface area (Å²) in [5.74, 6) is 0. The molecular formula is C55H41BN2S. The maximum absolute atomic E-state index is 2.66. The molecule has 3 heterocycles. The van der Waals surface area contributed by atoms with E-state index in [2.05, 4.69) is 213 Å². The molecule has 9 aromatic carbocycles. The summed E-state index contributed by atoms with van der Waals surface area (Å²) in [5, 5.41) is 7.70. The fourth-order valence-electron chi connectivity index (χ4n) is 10.1. The molecule has 0 unspecified atom stereocenters. The van der Waals surface area contributed by atoms with Gasteiger partial charge in [0, 0.05) is 54.2 Å². The average Bonchev–Trinajstić information content (AvgIpc) is 3.63. The van der Waals surface area contributed by atoms with Crippen LogP contribution in [-0.2, 0) is 5.41 Å². The van der Waals surface area contributed by atoms with Gasteiger partial charge in [0.05, 0.1) is 0 Å². The first kappa shape index (κ1) is 34.4. The zero-order valence-electron chi connectivity index (χ0n) is 33.6. The Morgan fingerprint density at radius 1 is 0.475 bits per heavy atom. The highest BCUT2D eigenvalue weighted by atomic mass is 32.1. The van der Waals surface area contributed by atoms with Crippen LogP contribution in [0.4, 0.5) is 28.4 Å². The predicted molar refractivity (Wildman–Crippen MR) is 257 cm³/mol. The Labute approximate surface area is 349 Å². The minimum Gasteiger partial charge on any atom is -0.376 e. The molecule has 1 aromatic heterocycles. The van der Waals surface area contributed by atoms with Gasteiger partial charge in [-0.1, -0.05) is 154 Å². The number of benzene rings is 9. The van der Waals surface area contributed by atoms with E-state index in [0.29, 0.717) is 0 Å². The third-order valence-electron chi connectivity index (χ3n) is 12.9. The predicted octanol–water partition coefficient (Wildman–Crippen LogP) is 14.3. The minimum atomic E-state index is -0.0932. The van der Waals surface area contributed by atoms with E-state index in [0.717, 1.165) is 0 Å². The highest BCUT2D eigenvalue weighted by molar-refractivity contribution is 7.26. The molecule has 59 heavy (non-hydrogen) atoms. The highest BCUT2D eigenvalue weighted by Crippen LogP contribution is 2.52. The summed E-state index contributed by atoms with van der Waals surface area (Å²) in [6.45, 7) is 9.13. The minimum absolute atomic E-state index is 0.0425. The normalized spacial score (nSPS) is 13.3. The second kappa shape index (κ2) is 12.7. The van der Waals surface area contributed by atoms with Crippen LogP contribution in [0.25, 0.3) is 64.0 Å². The van der Waals surface area contributed by atoms with Gasteiger partial charge in [-0.2, -0.15) is 0 Å². The molecule has 2 aliphatic heterocycles. The van der Waals surface area contributed by atoms with Crippen molar-refractivity contribution in [2.75, 3.05) is 9.71 Å². The molecule has 0 atom stereocenters. The van der Waals surface area contributed by atoms with E-state index in [4.69, 9.17) is 0 Å². The van der Waals surface area contributed by atoms with E-state index in [1.54, 1.807) is 0 Å². The lowest BCUT2D eigenvalue weighted by molar-refractivity contribution is 0.590. The number of hydrogen-bond acceptors (Lipinski definition) is 3. The van der Waals surface area contributed by atoms with Crippen molar-refractivity contribution >= 4 is 99.3 Å². The summed E-state index contributed by atoms with van der Waals surface area (Å²) in [7, 11) is 0. The Morgan fingerprint density at radius 2 is 1.14 bits per heavy atom. The van der Waals surface area contributed by atoms with Gasteiger partial charge < -0.3 is 9.71 Å². The van der Waals surface area contributed by atoms with E-state index in [1.165, 1.54) is 114 Å². The van der Waals surface area contributed by atoms with Gasteiger partial charge in [0.25, 0.3) is 0 Å². The summed E-state index contributed by atoms with van der Waals surface area (Å²) in [6.07, 6.45) is 0. The van der Waals surface area contributed by atoms with Crippen molar-refractivity contribution in [2.45, 2.75) is 33.1 Å². The lowest BCUT2D eigenvalue weighted by atomic mass is 9.43. The summed E-state index contributed by atoms with van der Waals surface area (Å²) < 4.78 is 2.63. The van der Waals surface area contributed by atoms with Gasteiger partial charge in [0.15, 0.2) is 0 Å². The van der Waals surface area contributed by atoms with Crippen molar-refractivity contribution in [3.8, 4) is 22.3 Å². The lowest BCUT2D eigenvalue weighted by Crippen LogP contribution is -2.61. The van der Waals surface area contributed by atoms with Crippen LogP contribution in [0.5, 0.6) is 0 Å². The molecule has 10 aromatic rings. The zero-order chi connectivity index (χ0) is 39.6. The van der Waals surface area contributed by atoms with Crippen molar-refractivity contribution in [3.63, 3.8) is 0 Å². The van der Waals surface area contributed by atoms with Gasteiger partial charge in [-0.15, -0.1) is 11.3 Å². The molecule has 0 N–H and O–H groups in total. The van der Waals surface area contributed by atoms with Crippen molar-refractivity contribution in [3.05, 3.63) is 187 Å². The van der Waals surface area contributed by atoms with Crippen molar-refractivity contribution in [2.24, 2.45) is 0 Å². The molecule has 0 amide bonds. The van der Waals surface area contributed by atoms with E-state index in [9.17, 15) is 0 Å². The molecule has 0 radical (unpaired) electrons. The molecule has 0 bridgehead atoms. The Morgan fingerprint density at radius 3 is 1.90 bits per heavy atom. The van der Waals surface area contributed by atoms with Gasteiger partial charge in [-0.05, 0) is 115 Å². The molecule has 0 aliphatic carbocycles. The Hall–Kier alpha value is -6.62. The SMILES string of the molecule is Cc1cc(C(C)(C)C)ccc1N1c2cc3sc4ccccc4c3cc2B2c3c1cc1ccccc1c3-c1c(ccc3ccccc13)N2c1ccc(-c2ccccc2)cc1. The second-order valence-electron chi connectivity index (χ2n) is 17.4. The fourth-order valence-corrected chi connectivity index (χ4v) is 11.2. The topological polar surface area (TPSA) is 6.48 Å². The molecule has 0 saturated heterocycles. The number of nitrogens with zero attached hydrogens (tertiary/aromatic N) is 2. The quantitative estimate of drug-likeness (QED) is 0.165. The lowest BCUT2D eigenvalue weighted by Gasteiger charge is -2.46. The maximum Gasteiger partial charge on any atom is 0.333 e. The van der Waals surface area contributed by atoms with E-state index in [-0.39, 0.29) is 12.3 Å². The van der Waals surface area contributed by atoms with E-state index >= 15 is 0 Å². The Kier molecular flexibility index (Phi) is 7.41. The molecule has 2 nitrogen and oxygen atoms in total. The Balaban J connectivity index is 1.23. The summed E-state index contributed by atoms with van der Waals surface area (Å²) in [6, 6.07) is 66.3. The molecule has 4 heteroatoms. The van der Waals surface area contributed by atoms with Gasteiger partial charge in [-0.25, -0.2) is 0 Å². The fraction of sp³-hybridized carbons (Fsp3) is 0.0909. The highest BCUT2D eigenvalue weighted by Gasteiger charge is 2.46. The number of aryl methyl sites for hydroxylation is 1. The standard InChI is InChI=1S/C55H41BN2S/c1-34-30-39(55(2,3)4)25-29-46(34)57-48-33-51-44(43-20-12-13-21-50(43)59-51)32-45(48)56-54-49(57)31-38-17-9-11-19-42(38)53(54)52-41-18-10-8-16-37(41)24-28-47(52)58(56)40-26-22-36(23-27-40)35-14-6-5-7-15-35/h5-33H,1-4H3. The second-order valence-corrected chi connectivity index (χ2v) is 18.4. The first-order valence-corrected chi connectivity index (χ1v) is 21.5. The van der Waals surface area contributed by atoms with Crippen molar-refractivity contribution in [1.82, 2.24) is 0 Å². The molecular weight excluding hydrogens is 731 g/mol. The summed E-state index contributed by atoms with van der Waals surface area (Å²) in [4.78, 5) is 5.26. The van der Waals surface area contributed by atoms with Crippen molar-refractivity contribution < 1.29 is 0 Å². The van der Waals surface area contributed by atoms with Crippen LogP contribution < -0.4 is 20.6 Å². The molecule has 0 fully saturated rings.